The Labute approximate surface area is 109 Å². The van der Waals surface area contributed by atoms with Gasteiger partial charge in [0, 0.05) is 17.5 Å². The van der Waals surface area contributed by atoms with Crippen LogP contribution in [-0.4, -0.2) is 17.5 Å². The van der Waals surface area contributed by atoms with Crippen molar-refractivity contribution in [2.75, 3.05) is 16.8 Å². The Morgan fingerprint density at radius 3 is 2.76 bits per heavy atom. The molecule has 0 aliphatic carbocycles. The number of nitrogens with one attached hydrogen (secondary N) is 1. The summed E-state index contributed by atoms with van der Waals surface area (Å²) < 4.78 is 0. The topological polar surface area (TPSA) is 12.0 Å². The van der Waals surface area contributed by atoms with Crippen LogP contribution in [0.5, 0.6) is 0 Å². The maximum absolute atomic E-state index is 3.72. The van der Waals surface area contributed by atoms with Crippen molar-refractivity contribution in [2.45, 2.75) is 40.2 Å². The van der Waals surface area contributed by atoms with Crippen LogP contribution in [0.2, 0.25) is 0 Å². The van der Waals surface area contributed by atoms with Crippen LogP contribution >= 0.6 is 11.8 Å². The average Bonchev–Trinajstić information content (AvgIpc) is 2.22. The molecule has 0 spiro atoms. The van der Waals surface area contributed by atoms with Crippen LogP contribution in [0.25, 0.3) is 0 Å². The van der Waals surface area contributed by atoms with Crippen LogP contribution in [0.1, 0.15) is 31.4 Å². The summed E-state index contributed by atoms with van der Waals surface area (Å²) in [6, 6.07) is 7.27. The van der Waals surface area contributed by atoms with Crippen molar-refractivity contribution >= 4 is 17.4 Å². The Morgan fingerprint density at radius 1 is 1.29 bits per heavy atom. The summed E-state index contributed by atoms with van der Waals surface area (Å²) in [7, 11) is 0. The normalized spacial score (nSPS) is 23.4. The number of hydrogen-bond acceptors (Lipinski definition) is 2. The van der Waals surface area contributed by atoms with E-state index in [2.05, 4.69) is 63.0 Å². The molecule has 0 saturated carbocycles. The molecule has 1 aliphatic rings. The lowest BCUT2D eigenvalue weighted by Gasteiger charge is -2.35. The van der Waals surface area contributed by atoms with Gasteiger partial charge in [-0.25, -0.2) is 0 Å². The van der Waals surface area contributed by atoms with Gasteiger partial charge in [-0.15, -0.1) is 0 Å². The molecule has 2 heteroatoms. The summed E-state index contributed by atoms with van der Waals surface area (Å²) in [5.74, 6) is 2.52. The number of anilines is 1. The molecule has 0 aromatic heterocycles. The maximum Gasteiger partial charge on any atom is 0.0374 e. The lowest BCUT2D eigenvalue weighted by molar-refractivity contribution is 0.358. The van der Waals surface area contributed by atoms with E-state index in [1.165, 1.54) is 34.7 Å². The van der Waals surface area contributed by atoms with E-state index in [4.69, 9.17) is 0 Å². The Kier molecular flexibility index (Phi) is 3.72. The first-order chi connectivity index (χ1) is 7.96. The quantitative estimate of drug-likeness (QED) is 0.841. The van der Waals surface area contributed by atoms with Gasteiger partial charge in [0.25, 0.3) is 0 Å². The molecule has 1 fully saturated rings. The summed E-state index contributed by atoms with van der Waals surface area (Å²) in [5.41, 5.74) is 4.47. The van der Waals surface area contributed by atoms with Crippen molar-refractivity contribution in [1.82, 2.24) is 0 Å². The fourth-order valence-electron chi connectivity index (χ4n) is 2.47. The zero-order valence-corrected chi connectivity index (χ0v) is 12.2. The minimum absolute atomic E-state index is 0.471. The van der Waals surface area contributed by atoms with Gasteiger partial charge in [0.2, 0.25) is 0 Å². The van der Waals surface area contributed by atoms with E-state index in [1.54, 1.807) is 0 Å². The van der Waals surface area contributed by atoms with E-state index >= 15 is 0 Å². The summed E-state index contributed by atoms with van der Waals surface area (Å²) >= 11 is 2.08. The SMILES string of the molecule is Cc1ccc(C)c(NC2CSCC(C)(C)C2)c1. The van der Waals surface area contributed by atoms with E-state index in [1.807, 2.05) is 0 Å². The van der Waals surface area contributed by atoms with E-state index in [9.17, 15) is 0 Å². The van der Waals surface area contributed by atoms with Gasteiger partial charge in [-0.2, -0.15) is 11.8 Å². The zero-order chi connectivity index (χ0) is 12.5. The second kappa shape index (κ2) is 4.93. The standard InChI is InChI=1S/C15H23NS/c1-11-5-6-12(2)14(7-11)16-13-8-15(3,4)10-17-9-13/h5-7,13,16H,8-10H2,1-4H3. The molecule has 1 saturated heterocycles. The molecule has 1 heterocycles. The van der Waals surface area contributed by atoms with Crippen LogP contribution in [0, 0.1) is 19.3 Å². The van der Waals surface area contributed by atoms with Crippen LogP contribution in [-0.2, 0) is 0 Å². The number of benzene rings is 1. The second-order valence-electron chi connectivity index (χ2n) is 6.04. The van der Waals surface area contributed by atoms with Crippen LogP contribution < -0.4 is 5.32 Å². The van der Waals surface area contributed by atoms with Gasteiger partial charge in [-0.05, 0) is 48.6 Å². The van der Waals surface area contributed by atoms with Gasteiger partial charge in [0.05, 0.1) is 0 Å². The van der Waals surface area contributed by atoms with Gasteiger partial charge in [-0.1, -0.05) is 26.0 Å². The molecule has 1 N–H and O–H groups in total. The largest absolute Gasteiger partial charge is 0.381 e. The minimum Gasteiger partial charge on any atom is -0.381 e. The molecule has 1 unspecified atom stereocenters. The Balaban J connectivity index is 2.07. The van der Waals surface area contributed by atoms with Crippen molar-refractivity contribution < 1.29 is 0 Å². The van der Waals surface area contributed by atoms with E-state index in [0.29, 0.717) is 11.5 Å². The van der Waals surface area contributed by atoms with Crippen LogP contribution in [0.4, 0.5) is 5.69 Å². The zero-order valence-electron chi connectivity index (χ0n) is 11.3. The van der Waals surface area contributed by atoms with Crippen molar-refractivity contribution in [3.63, 3.8) is 0 Å². The predicted octanol–water partition coefficient (Wildman–Crippen LogP) is 4.25. The first-order valence-corrected chi connectivity index (χ1v) is 7.53. The highest BCUT2D eigenvalue weighted by atomic mass is 32.2. The maximum atomic E-state index is 3.72. The smallest absolute Gasteiger partial charge is 0.0374 e. The summed E-state index contributed by atoms with van der Waals surface area (Å²) in [4.78, 5) is 0. The van der Waals surface area contributed by atoms with Crippen LogP contribution in [0.15, 0.2) is 18.2 Å². The molecule has 1 aromatic carbocycles. The third kappa shape index (κ3) is 3.41. The monoisotopic (exact) mass is 249 g/mol. The molecule has 1 aliphatic heterocycles. The van der Waals surface area contributed by atoms with Gasteiger partial charge >= 0.3 is 0 Å². The summed E-state index contributed by atoms with van der Waals surface area (Å²) in [6.07, 6.45) is 1.27. The first-order valence-electron chi connectivity index (χ1n) is 6.38. The number of rotatable bonds is 2. The molecule has 0 bridgehead atoms. The van der Waals surface area contributed by atoms with Crippen molar-refractivity contribution in [1.29, 1.82) is 0 Å². The van der Waals surface area contributed by atoms with Gasteiger partial charge in [0.1, 0.15) is 0 Å². The van der Waals surface area contributed by atoms with Crippen molar-refractivity contribution in [3.8, 4) is 0 Å². The number of hydrogen-bond donors (Lipinski definition) is 1. The molecule has 17 heavy (non-hydrogen) atoms. The molecule has 1 aromatic rings. The van der Waals surface area contributed by atoms with Crippen LogP contribution in [0.3, 0.4) is 0 Å². The van der Waals surface area contributed by atoms with E-state index < -0.39 is 0 Å². The Hall–Kier alpha value is -0.630. The highest BCUT2D eigenvalue weighted by Gasteiger charge is 2.28. The molecule has 94 valence electrons. The molecule has 1 atom stereocenters. The fourth-order valence-corrected chi connectivity index (χ4v) is 3.74. The minimum atomic E-state index is 0.471. The van der Waals surface area contributed by atoms with E-state index in [-0.39, 0.29) is 0 Å². The van der Waals surface area contributed by atoms with Gasteiger partial charge < -0.3 is 5.32 Å². The van der Waals surface area contributed by atoms with Gasteiger partial charge in [0.15, 0.2) is 0 Å². The average molecular weight is 249 g/mol. The molecule has 1 nitrogen and oxygen atoms in total. The van der Waals surface area contributed by atoms with Crippen molar-refractivity contribution in [2.24, 2.45) is 5.41 Å². The lowest BCUT2D eigenvalue weighted by atomic mass is 9.87. The molecular formula is C15H23NS. The Bertz CT molecular complexity index is 398. The Morgan fingerprint density at radius 2 is 2.06 bits per heavy atom. The predicted molar refractivity (Wildman–Crippen MR) is 79.0 cm³/mol. The summed E-state index contributed by atoms with van der Waals surface area (Å²) in [5, 5.41) is 3.72. The molecule has 2 rings (SSSR count). The number of aryl methyl sites for hydroxylation is 2. The first kappa shape index (κ1) is 12.8. The number of thioether (sulfide) groups is 1. The highest BCUT2D eigenvalue weighted by molar-refractivity contribution is 7.99. The lowest BCUT2D eigenvalue weighted by Crippen LogP contribution is -2.35. The molecule has 0 amide bonds. The van der Waals surface area contributed by atoms with Crippen molar-refractivity contribution in [3.05, 3.63) is 29.3 Å². The second-order valence-corrected chi connectivity index (χ2v) is 7.07. The molecular weight excluding hydrogens is 226 g/mol. The highest BCUT2D eigenvalue weighted by Crippen LogP contribution is 2.35. The summed E-state index contributed by atoms with van der Waals surface area (Å²) in [6.45, 7) is 9.08. The molecule has 0 radical (unpaired) electrons. The van der Waals surface area contributed by atoms with Gasteiger partial charge in [-0.3, -0.25) is 0 Å². The third-order valence-corrected chi connectivity index (χ3v) is 4.99. The third-order valence-electron chi connectivity index (χ3n) is 3.36. The van der Waals surface area contributed by atoms with E-state index in [0.717, 1.165) is 0 Å². The fraction of sp³-hybridized carbons (Fsp3) is 0.600.